The number of β-lactam (4-membered cyclic amide) rings is 1. The van der Waals surface area contributed by atoms with E-state index < -0.39 is 29.3 Å². The number of esters is 1. The SMILES string of the molecule is CC(=O)OCC1=C(C(=O)O)N2C(=O)[C@@H](NC(=O)CSc3ccncc3)[C@@H]2SC1. The van der Waals surface area contributed by atoms with Gasteiger partial charge in [0.1, 0.15) is 23.7 Å². The van der Waals surface area contributed by atoms with Gasteiger partial charge in [-0.1, -0.05) is 0 Å². The normalized spacial score (nSPS) is 20.9. The Hall–Kier alpha value is -2.53. The lowest BCUT2D eigenvalue weighted by Crippen LogP contribution is -2.70. The van der Waals surface area contributed by atoms with Crippen LogP contribution in [-0.4, -0.2) is 68.3 Å². The number of rotatable bonds is 7. The van der Waals surface area contributed by atoms with E-state index in [1.165, 1.54) is 30.4 Å². The first-order chi connectivity index (χ1) is 13.4. The number of ether oxygens (including phenoxy) is 1. The zero-order valence-electron chi connectivity index (χ0n) is 14.8. The molecule has 0 radical (unpaired) electrons. The summed E-state index contributed by atoms with van der Waals surface area (Å²) in [7, 11) is 0. The van der Waals surface area contributed by atoms with Crippen LogP contribution in [-0.2, 0) is 23.9 Å². The number of aromatic nitrogens is 1. The molecular formula is C17H17N3O6S2. The van der Waals surface area contributed by atoms with E-state index in [9.17, 15) is 24.3 Å². The van der Waals surface area contributed by atoms with Crippen molar-refractivity contribution in [1.82, 2.24) is 15.2 Å². The number of thioether (sulfide) groups is 2. The molecule has 9 nitrogen and oxygen atoms in total. The van der Waals surface area contributed by atoms with Crippen LogP contribution in [0.3, 0.4) is 0 Å². The van der Waals surface area contributed by atoms with Crippen molar-refractivity contribution in [1.29, 1.82) is 0 Å². The number of carboxylic acids is 1. The molecule has 148 valence electrons. The number of fused-ring (bicyclic) bond motifs is 1. The molecule has 3 heterocycles. The number of hydrogen-bond acceptors (Lipinski definition) is 8. The average Bonchev–Trinajstić information content (AvgIpc) is 2.68. The minimum absolute atomic E-state index is 0.129. The van der Waals surface area contributed by atoms with Crippen LogP contribution in [0.2, 0.25) is 0 Å². The summed E-state index contributed by atoms with van der Waals surface area (Å²) in [5, 5.41) is 11.7. The number of nitrogens with one attached hydrogen (secondary N) is 1. The van der Waals surface area contributed by atoms with Gasteiger partial charge >= 0.3 is 11.9 Å². The predicted molar refractivity (Wildman–Crippen MR) is 101 cm³/mol. The van der Waals surface area contributed by atoms with Gasteiger partial charge in [0.15, 0.2) is 0 Å². The lowest BCUT2D eigenvalue weighted by atomic mass is 10.0. The van der Waals surface area contributed by atoms with E-state index in [1.54, 1.807) is 24.5 Å². The first-order valence-corrected chi connectivity index (χ1v) is 10.3. The fraction of sp³-hybridized carbons (Fsp3) is 0.353. The van der Waals surface area contributed by atoms with Gasteiger partial charge in [0.25, 0.3) is 5.91 Å². The first kappa shape index (κ1) is 20.2. The second kappa shape index (κ2) is 8.65. The number of carboxylic acid groups (broad SMARTS) is 1. The van der Waals surface area contributed by atoms with Gasteiger partial charge < -0.3 is 15.2 Å². The number of aliphatic carboxylic acids is 1. The summed E-state index contributed by atoms with van der Waals surface area (Å²) in [6.07, 6.45) is 3.25. The monoisotopic (exact) mass is 423 g/mol. The molecular weight excluding hydrogens is 406 g/mol. The van der Waals surface area contributed by atoms with Crippen molar-refractivity contribution < 1.29 is 29.0 Å². The molecule has 0 aromatic carbocycles. The van der Waals surface area contributed by atoms with Gasteiger partial charge in [-0.15, -0.1) is 23.5 Å². The summed E-state index contributed by atoms with van der Waals surface area (Å²) < 4.78 is 4.88. The summed E-state index contributed by atoms with van der Waals surface area (Å²) in [6, 6.07) is 2.78. The van der Waals surface area contributed by atoms with E-state index in [4.69, 9.17) is 4.74 Å². The highest BCUT2D eigenvalue weighted by Crippen LogP contribution is 2.40. The average molecular weight is 423 g/mol. The van der Waals surface area contributed by atoms with Crippen molar-refractivity contribution in [3.63, 3.8) is 0 Å². The van der Waals surface area contributed by atoms with Crippen LogP contribution >= 0.6 is 23.5 Å². The highest BCUT2D eigenvalue weighted by Gasteiger charge is 2.54. The van der Waals surface area contributed by atoms with Gasteiger partial charge in [-0.05, 0) is 12.1 Å². The van der Waals surface area contributed by atoms with Gasteiger partial charge in [0.05, 0.1) is 5.75 Å². The Balaban J connectivity index is 1.62. The van der Waals surface area contributed by atoms with E-state index >= 15 is 0 Å². The second-order valence-electron chi connectivity index (χ2n) is 5.96. The standard InChI is InChI=1S/C17H17N3O6S2/c1-9(21)26-6-10-7-28-16-13(15(23)20(16)14(10)17(24)25)19-12(22)8-27-11-2-4-18-5-3-11/h2-5,13,16H,6-8H2,1H3,(H,19,22)(H,24,25)/t13-,16+/m1/s1. The molecule has 0 unspecified atom stereocenters. The van der Waals surface area contributed by atoms with Crippen LogP contribution in [0.1, 0.15) is 6.92 Å². The largest absolute Gasteiger partial charge is 0.477 e. The Kier molecular flexibility index (Phi) is 6.25. The summed E-state index contributed by atoms with van der Waals surface area (Å²) >= 11 is 2.64. The van der Waals surface area contributed by atoms with Crippen molar-refractivity contribution in [3.8, 4) is 0 Å². The zero-order valence-corrected chi connectivity index (χ0v) is 16.4. The molecule has 3 rings (SSSR count). The van der Waals surface area contributed by atoms with Crippen LogP contribution < -0.4 is 5.32 Å². The summed E-state index contributed by atoms with van der Waals surface area (Å²) in [4.78, 5) is 53.2. The summed E-state index contributed by atoms with van der Waals surface area (Å²) in [5.41, 5.74) is 0.182. The molecule has 2 aliphatic rings. The highest BCUT2D eigenvalue weighted by molar-refractivity contribution is 8.00. The Morgan fingerprint density at radius 2 is 2.11 bits per heavy atom. The summed E-state index contributed by atoms with van der Waals surface area (Å²) in [5.74, 6) is -2.18. The third-order valence-corrected chi connectivity index (χ3v) is 6.39. The van der Waals surface area contributed by atoms with E-state index in [-0.39, 0.29) is 24.0 Å². The fourth-order valence-corrected chi connectivity index (χ4v) is 4.80. The van der Waals surface area contributed by atoms with Crippen LogP contribution in [0, 0.1) is 0 Å². The number of amides is 2. The Bertz CT molecular complexity index is 845. The first-order valence-electron chi connectivity index (χ1n) is 8.24. The lowest BCUT2D eigenvalue weighted by Gasteiger charge is -2.49. The molecule has 2 aliphatic heterocycles. The van der Waals surface area contributed by atoms with Crippen LogP contribution in [0.5, 0.6) is 0 Å². The van der Waals surface area contributed by atoms with Crippen molar-refractivity contribution in [2.45, 2.75) is 23.2 Å². The number of pyridine rings is 1. The third kappa shape index (κ3) is 4.30. The number of carbonyl (C=O) groups excluding carboxylic acids is 3. The molecule has 0 saturated carbocycles. The topological polar surface area (TPSA) is 126 Å². The fourth-order valence-electron chi connectivity index (χ4n) is 2.78. The third-order valence-electron chi connectivity index (χ3n) is 4.04. The van der Waals surface area contributed by atoms with Crippen molar-refractivity contribution in [3.05, 3.63) is 35.8 Å². The highest BCUT2D eigenvalue weighted by atomic mass is 32.2. The molecule has 2 N–H and O–H groups in total. The Morgan fingerprint density at radius 1 is 1.39 bits per heavy atom. The van der Waals surface area contributed by atoms with Crippen LogP contribution in [0.4, 0.5) is 0 Å². The van der Waals surface area contributed by atoms with Gasteiger partial charge in [0.2, 0.25) is 5.91 Å². The van der Waals surface area contributed by atoms with Gasteiger partial charge in [-0.3, -0.25) is 24.3 Å². The number of hydrogen-bond donors (Lipinski definition) is 2. The molecule has 1 aromatic rings. The second-order valence-corrected chi connectivity index (χ2v) is 8.12. The number of carbonyl (C=O) groups is 4. The van der Waals surface area contributed by atoms with Gasteiger partial charge in [0, 0.05) is 35.5 Å². The van der Waals surface area contributed by atoms with E-state index in [0.29, 0.717) is 11.3 Å². The molecule has 28 heavy (non-hydrogen) atoms. The molecule has 0 spiro atoms. The molecule has 1 saturated heterocycles. The molecule has 0 aliphatic carbocycles. The Morgan fingerprint density at radius 3 is 2.75 bits per heavy atom. The number of nitrogens with zero attached hydrogens (tertiary/aromatic N) is 2. The van der Waals surface area contributed by atoms with Gasteiger partial charge in [-0.25, -0.2) is 4.79 Å². The van der Waals surface area contributed by atoms with Crippen molar-refractivity contribution in [2.24, 2.45) is 0 Å². The minimum atomic E-state index is -1.26. The van der Waals surface area contributed by atoms with Crippen molar-refractivity contribution in [2.75, 3.05) is 18.1 Å². The molecule has 1 aromatic heterocycles. The van der Waals surface area contributed by atoms with E-state index in [0.717, 1.165) is 9.80 Å². The molecule has 11 heteroatoms. The summed E-state index contributed by atoms with van der Waals surface area (Å²) in [6.45, 7) is 1.05. The quantitative estimate of drug-likeness (QED) is 0.366. The maximum Gasteiger partial charge on any atom is 0.352 e. The lowest BCUT2D eigenvalue weighted by molar-refractivity contribution is -0.150. The molecule has 2 atom stereocenters. The Labute approximate surface area is 168 Å². The van der Waals surface area contributed by atoms with Crippen LogP contribution in [0.15, 0.2) is 40.7 Å². The predicted octanol–water partition coefficient (Wildman–Crippen LogP) is 0.475. The smallest absolute Gasteiger partial charge is 0.352 e. The van der Waals surface area contributed by atoms with E-state index in [2.05, 4.69) is 10.3 Å². The minimum Gasteiger partial charge on any atom is -0.477 e. The van der Waals surface area contributed by atoms with E-state index in [1.807, 2.05) is 0 Å². The van der Waals surface area contributed by atoms with Crippen molar-refractivity contribution >= 4 is 47.3 Å². The zero-order chi connectivity index (χ0) is 20.3. The maximum atomic E-state index is 12.5. The molecule has 1 fully saturated rings. The van der Waals surface area contributed by atoms with Gasteiger partial charge in [-0.2, -0.15) is 0 Å². The molecule has 0 bridgehead atoms. The molecule has 2 amide bonds. The van der Waals surface area contributed by atoms with Crippen LogP contribution in [0.25, 0.3) is 0 Å². The maximum absolute atomic E-state index is 12.5.